The van der Waals surface area contributed by atoms with Crippen molar-refractivity contribution < 1.29 is 37.1 Å². The van der Waals surface area contributed by atoms with E-state index in [0.717, 1.165) is 25.1 Å². The number of ether oxygens (including phenoxy) is 1. The number of aromatic nitrogens is 1. The van der Waals surface area contributed by atoms with E-state index >= 15 is 13.2 Å². The molecule has 11 nitrogen and oxygen atoms in total. The first-order valence-electron chi connectivity index (χ1n) is 16.4. The number of likely N-dealkylation sites (N-methyl/N-ethyl adjacent to an activating group) is 1. The smallest absolute Gasteiger partial charge is 0.351 e. The number of nitrogens with zero attached hydrogens (tertiary/aromatic N) is 3. The summed E-state index contributed by atoms with van der Waals surface area (Å²) in [4.78, 5) is 59.6. The third-order valence-electron chi connectivity index (χ3n) is 9.19. The van der Waals surface area contributed by atoms with Gasteiger partial charge in [0.1, 0.15) is 17.9 Å². The Morgan fingerprint density at radius 2 is 1.71 bits per heavy atom. The highest BCUT2D eigenvalue weighted by Crippen LogP contribution is 2.33. The number of hydrogen-bond acceptors (Lipinski definition) is 7. The lowest BCUT2D eigenvalue weighted by atomic mass is 9.79. The molecule has 2 aromatic rings. The van der Waals surface area contributed by atoms with Crippen LogP contribution in [-0.2, 0) is 31.5 Å². The molecule has 0 bridgehead atoms. The maximum atomic E-state index is 15.5. The van der Waals surface area contributed by atoms with Crippen LogP contribution in [0.5, 0.6) is 5.88 Å². The fourth-order valence-corrected chi connectivity index (χ4v) is 6.04. The molecule has 2 atom stereocenters. The van der Waals surface area contributed by atoms with Gasteiger partial charge >= 0.3 is 5.92 Å². The summed E-state index contributed by atoms with van der Waals surface area (Å²) in [6, 6.07) is 3.99. The molecule has 2 aliphatic rings. The number of hydrogen-bond donors (Lipinski definition) is 3. The molecule has 4 amide bonds. The van der Waals surface area contributed by atoms with E-state index in [0.29, 0.717) is 50.5 Å². The maximum absolute atomic E-state index is 15.5. The lowest BCUT2D eigenvalue weighted by Gasteiger charge is -2.35. The van der Waals surface area contributed by atoms with E-state index < -0.39 is 47.1 Å². The molecule has 2 fully saturated rings. The molecule has 0 radical (unpaired) electrons. The second-order valence-corrected chi connectivity index (χ2v) is 12.7. The van der Waals surface area contributed by atoms with Gasteiger partial charge < -0.3 is 30.5 Å². The molecule has 4 rings (SSSR count). The van der Waals surface area contributed by atoms with Crippen LogP contribution in [0.15, 0.2) is 36.5 Å². The number of methoxy groups -OCH3 is 1. The fraction of sp³-hybridized carbons (Fsp3) is 0.559. The van der Waals surface area contributed by atoms with E-state index in [2.05, 4.69) is 32.8 Å². The number of rotatable bonds is 12. The second-order valence-electron chi connectivity index (χ2n) is 12.7. The summed E-state index contributed by atoms with van der Waals surface area (Å²) in [5.41, 5.74) is -0.468. The van der Waals surface area contributed by atoms with Gasteiger partial charge in [0.2, 0.25) is 23.6 Å². The van der Waals surface area contributed by atoms with Gasteiger partial charge in [-0.25, -0.2) is 9.37 Å². The van der Waals surface area contributed by atoms with Gasteiger partial charge in [0.15, 0.2) is 0 Å². The van der Waals surface area contributed by atoms with E-state index in [4.69, 9.17) is 4.74 Å². The van der Waals surface area contributed by atoms with Gasteiger partial charge in [-0.3, -0.25) is 19.2 Å². The van der Waals surface area contributed by atoms with E-state index in [1.165, 1.54) is 31.4 Å². The van der Waals surface area contributed by atoms with E-state index in [-0.39, 0.29) is 36.2 Å². The Morgan fingerprint density at radius 1 is 1.02 bits per heavy atom. The number of halogens is 3. The molecule has 1 aliphatic heterocycles. The van der Waals surface area contributed by atoms with Crippen LogP contribution in [0.4, 0.5) is 18.9 Å². The Labute approximate surface area is 279 Å². The third kappa shape index (κ3) is 9.24. The number of carbonyl (C=O) groups excluding carboxylic acids is 4. The largest absolute Gasteiger partial charge is 0.481 e. The topological polar surface area (TPSA) is 133 Å². The van der Waals surface area contributed by atoms with E-state index in [1.807, 2.05) is 7.05 Å². The predicted octanol–water partition coefficient (Wildman–Crippen LogP) is 3.48. The molecule has 0 unspecified atom stereocenters. The Balaban J connectivity index is 1.50. The molecular formula is C34H45F3N6O5. The Hall–Kier alpha value is -4.20. The van der Waals surface area contributed by atoms with Crippen molar-refractivity contribution in [1.82, 2.24) is 25.4 Å². The van der Waals surface area contributed by atoms with Crippen LogP contribution in [0.3, 0.4) is 0 Å². The third-order valence-corrected chi connectivity index (χ3v) is 9.19. The Kier molecular flexibility index (Phi) is 12.4. The molecule has 1 saturated heterocycles. The molecule has 1 aromatic heterocycles. The lowest BCUT2D eigenvalue weighted by Crippen LogP contribution is -2.54. The van der Waals surface area contributed by atoms with Gasteiger partial charge in [0, 0.05) is 56.8 Å². The van der Waals surface area contributed by atoms with Crippen LogP contribution in [0.2, 0.25) is 0 Å². The average molecular weight is 675 g/mol. The van der Waals surface area contributed by atoms with Crippen LogP contribution >= 0.6 is 0 Å². The zero-order valence-corrected chi connectivity index (χ0v) is 27.9. The van der Waals surface area contributed by atoms with E-state index in [1.54, 1.807) is 11.8 Å². The van der Waals surface area contributed by atoms with Crippen LogP contribution in [0, 0.1) is 17.7 Å². The first-order valence-corrected chi connectivity index (χ1v) is 16.4. The van der Waals surface area contributed by atoms with Crippen LogP contribution in [-0.4, -0.2) is 90.8 Å². The zero-order chi connectivity index (χ0) is 35.0. The number of pyridine rings is 1. The second kappa shape index (κ2) is 16.3. The first kappa shape index (κ1) is 36.6. The minimum Gasteiger partial charge on any atom is -0.481 e. The van der Waals surface area contributed by atoms with Crippen molar-refractivity contribution in [2.45, 2.75) is 70.4 Å². The Bertz CT molecular complexity index is 1440. The van der Waals surface area contributed by atoms with Crippen molar-refractivity contribution in [3.63, 3.8) is 0 Å². The monoisotopic (exact) mass is 674 g/mol. The normalized spacial score (nSPS) is 19.9. The highest BCUT2D eigenvalue weighted by Gasteiger charge is 2.44. The van der Waals surface area contributed by atoms with Crippen molar-refractivity contribution >= 4 is 29.3 Å². The quantitative estimate of drug-likeness (QED) is 0.314. The number of alkyl halides is 2. The fourth-order valence-electron chi connectivity index (χ4n) is 6.04. The molecule has 262 valence electrons. The summed E-state index contributed by atoms with van der Waals surface area (Å²) in [6.45, 7) is 6.14. The molecule has 1 aliphatic carbocycles. The highest BCUT2D eigenvalue weighted by atomic mass is 19.3. The first-order chi connectivity index (χ1) is 22.8. The molecule has 1 aromatic carbocycles. The molecule has 3 N–H and O–H groups in total. The van der Waals surface area contributed by atoms with E-state index in [9.17, 15) is 19.2 Å². The van der Waals surface area contributed by atoms with Gasteiger partial charge in [0.25, 0.3) is 5.91 Å². The summed E-state index contributed by atoms with van der Waals surface area (Å²) in [5, 5.41) is 7.47. The van der Waals surface area contributed by atoms with Gasteiger partial charge in [-0.2, -0.15) is 8.78 Å². The standard InChI is InChI=1S/C34H45F3N6O5/c1-5-28(44)39-27(32(46)43-16-14-42(3)15-17-43)19-22-8-12-26(25(35)18-22)40-31(45)30(23-9-6-21(2)7-10-23)41-33(47)34(36,37)24-11-13-29(48-4)38-20-24/h8,11-13,18,20-21,23,27,30H,5-7,9-10,14-17,19H2,1-4H3,(H,39,44)(H,40,45)(H,41,47)/t21?,23?,27-,30+/m1/s1. The lowest BCUT2D eigenvalue weighted by molar-refractivity contribution is -0.149. The van der Waals surface area contributed by atoms with Gasteiger partial charge in [0.05, 0.1) is 12.8 Å². The number of amides is 4. The minimum atomic E-state index is -4.00. The van der Waals surface area contributed by atoms with Gasteiger partial charge in [-0.15, -0.1) is 0 Å². The van der Waals surface area contributed by atoms with Crippen molar-refractivity contribution in [2.75, 3.05) is 45.7 Å². The molecular weight excluding hydrogens is 629 g/mol. The van der Waals surface area contributed by atoms with Crippen LogP contribution in [0.1, 0.15) is 57.1 Å². The molecule has 0 spiro atoms. The van der Waals surface area contributed by atoms with Crippen molar-refractivity contribution in [1.29, 1.82) is 0 Å². The number of anilines is 1. The van der Waals surface area contributed by atoms with Crippen molar-refractivity contribution in [3.8, 4) is 5.88 Å². The number of piperazine rings is 1. The highest BCUT2D eigenvalue weighted by molar-refractivity contribution is 5.98. The summed E-state index contributed by atoms with van der Waals surface area (Å²) in [6.07, 6.45) is 3.56. The number of nitrogens with one attached hydrogen (secondary N) is 3. The molecule has 2 heterocycles. The summed E-state index contributed by atoms with van der Waals surface area (Å²) in [5.74, 6) is -7.85. The number of carbonyl (C=O) groups is 4. The van der Waals surface area contributed by atoms with Crippen molar-refractivity contribution in [3.05, 3.63) is 53.5 Å². The Morgan fingerprint density at radius 3 is 2.29 bits per heavy atom. The van der Waals surface area contributed by atoms with Gasteiger partial charge in [-0.05, 0) is 55.5 Å². The maximum Gasteiger partial charge on any atom is 0.351 e. The van der Waals surface area contributed by atoms with Gasteiger partial charge in [-0.1, -0.05) is 32.8 Å². The number of benzene rings is 1. The molecule has 1 saturated carbocycles. The zero-order valence-electron chi connectivity index (χ0n) is 27.9. The summed E-state index contributed by atoms with van der Waals surface area (Å²) in [7, 11) is 3.29. The SMILES string of the molecule is CCC(=O)N[C@H](Cc1ccc(NC(=O)[C@@H](NC(=O)C(F)(F)c2ccc(OC)nc2)C2CCC(C)CC2)c(F)c1)C(=O)N1CCN(C)CC1. The molecule has 14 heteroatoms. The van der Waals surface area contributed by atoms with Crippen LogP contribution < -0.4 is 20.7 Å². The molecule has 48 heavy (non-hydrogen) atoms. The predicted molar refractivity (Wildman–Crippen MR) is 173 cm³/mol. The average Bonchev–Trinajstić information content (AvgIpc) is 3.08. The van der Waals surface area contributed by atoms with Crippen molar-refractivity contribution in [2.24, 2.45) is 11.8 Å². The minimum absolute atomic E-state index is 0.0241. The summed E-state index contributed by atoms with van der Waals surface area (Å²) < 4.78 is 50.8. The van der Waals surface area contributed by atoms with Crippen LogP contribution in [0.25, 0.3) is 0 Å². The summed E-state index contributed by atoms with van der Waals surface area (Å²) >= 11 is 0.